The van der Waals surface area contributed by atoms with E-state index in [1.165, 1.54) is 13.3 Å². The zero-order valence-corrected chi connectivity index (χ0v) is 11.5. The molecule has 2 heterocycles. The average molecular weight is 267 g/mol. The summed E-state index contributed by atoms with van der Waals surface area (Å²) < 4.78 is 15.7. The van der Waals surface area contributed by atoms with Gasteiger partial charge in [0.05, 0.1) is 19.9 Å². The second-order valence-corrected chi connectivity index (χ2v) is 2.85. The number of nitrogens with zero attached hydrogens (tertiary/aromatic N) is 3. The van der Waals surface area contributed by atoms with E-state index >= 15 is 0 Å². The van der Waals surface area contributed by atoms with Crippen molar-refractivity contribution in [2.24, 2.45) is 0 Å². The van der Waals surface area contributed by atoms with Crippen LogP contribution in [-0.2, 0) is 4.74 Å². The summed E-state index contributed by atoms with van der Waals surface area (Å²) in [5, 5.41) is 4.02. The number of pyridine rings is 1. The summed E-state index contributed by atoms with van der Waals surface area (Å²) in [5.74, 6) is 0.266. The molecule has 2 aromatic rings. The van der Waals surface area contributed by atoms with Crippen molar-refractivity contribution in [2.45, 2.75) is 13.8 Å². The molecule has 0 spiro atoms. The van der Waals surface area contributed by atoms with E-state index in [-0.39, 0.29) is 0 Å². The lowest BCUT2D eigenvalue weighted by molar-refractivity contribution is 0.0600. The van der Waals surface area contributed by atoms with Crippen LogP contribution in [0.2, 0.25) is 0 Å². The predicted octanol–water partition coefficient (Wildman–Crippen LogP) is 2.67. The minimum Gasteiger partial charge on any atom is -0.465 e. The van der Waals surface area contributed by atoms with E-state index in [0.29, 0.717) is 18.6 Å². The van der Waals surface area contributed by atoms with Crippen molar-refractivity contribution >= 4 is 5.97 Å². The van der Waals surface area contributed by atoms with Crippen LogP contribution in [-0.4, -0.2) is 35.0 Å². The van der Waals surface area contributed by atoms with Crippen molar-refractivity contribution in [3.63, 3.8) is 0 Å². The molecule has 0 atom stereocenters. The Hall–Kier alpha value is -2.24. The first-order chi connectivity index (χ1) is 9.31. The molecular weight excluding hydrogens is 249 g/mol. The van der Waals surface area contributed by atoms with Gasteiger partial charge in [-0.2, -0.15) is 5.10 Å². The largest absolute Gasteiger partial charge is 0.465 e. The summed E-state index contributed by atoms with van der Waals surface area (Å²) in [6.45, 7) is 4.00. The van der Waals surface area contributed by atoms with Crippen molar-refractivity contribution in [3.05, 3.63) is 42.4 Å². The lowest BCUT2D eigenvalue weighted by Crippen LogP contribution is -2.04. The number of esters is 1. The zero-order chi connectivity index (χ0) is 14.7. The monoisotopic (exact) mass is 267 g/mol. The number of carbonyl (C=O) groups excluding carboxylic acids is 1. The van der Waals surface area contributed by atoms with Crippen LogP contribution in [0.3, 0.4) is 0 Å². The highest BCUT2D eigenvalue weighted by atomic mass is 19.1. The smallest absolute Gasteiger partial charge is 0.339 e. The molecule has 0 amide bonds. The minimum absolute atomic E-state index is 0.394. The molecule has 104 valence electrons. The van der Waals surface area contributed by atoms with Gasteiger partial charge in [0.2, 0.25) is 0 Å². The normalized spacial score (nSPS) is 8.47. The molecule has 5 nitrogen and oxygen atoms in total. The van der Waals surface area contributed by atoms with Gasteiger partial charge in [-0.25, -0.2) is 14.5 Å². The predicted molar refractivity (Wildman–Crippen MR) is 71.1 cm³/mol. The molecule has 2 aromatic heterocycles. The Morgan fingerprint density at radius 1 is 1.32 bits per heavy atom. The van der Waals surface area contributed by atoms with Crippen LogP contribution in [0, 0.1) is 0 Å². The fourth-order valence-corrected chi connectivity index (χ4v) is 1.16. The average Bonchev–Trinajstić information content (AvgIpc) is 3.05. The van der Waals surface area contributed by atoms with Gasteiger partial charge in [-0.05, 0) is 18.2 Å². The Bertz CT molecular complexity index is 455. The van der Waals surface area contributed by atoms with Crippen LogP contribution in [0.4, 0.5) is 4.39 Å². The van der Waals surface area contributed by atoms with E-state index in [0.717, 1.165) is 0 Å². The van der Waals surface area contributed by atoms with Crippen LogP contribution in [0.25, 0.3) is 5.82 Å². The highest BCUT2D eigenvalue weighted by Gasteiger charge is 2.05. The fourth-order valence-electron chi connectivity index (χ4n) is 1.16. The molecular formula is C13H18FN3O2. The molecule has 0 N–H and O–H groups in total. The number of hydrogen-bond acceptors (Lipinski definition) is 4. The van der Waals surface area contributed by atoms with Crippen LogP contribution in [0.5, 0.6) is 0 Å². The number of rotatable bonds is 2. The summed E-state index contributed by atoms with van der Waals surface area (Å²) >= 11 is 0. The second-order valence-electron chi connectivity index (χ2n) is 2.85. The summed E-state index contributed by atoms with van der Waals surface area (Å²) in [4.78, 5) is 15.2. The third kappa shape index (κ3) is 4.87. The first-order valence-corrected chi connectivity index (χ1v) is 5.73. The molecule has 0 radical (unpaired) electrons. The molecule has 2 rings (SSSR count). The minimum atomic E-state index is -0.394. The van der Waals surface area contributed by atoms with E-state index in [9.17, 15) is 9.18 Å². The lowest BCUT2D eigenvalue weighted by atomic mass is 10.3. The maximum absolute atomic E-state index is 11.1. The standard InChI is InChI=1S/C10H9N3O2.C2H6.CH3F/c1-15-10(14)8-3-4-9(11-7-8)13-6-2-5-12-13;2*1-2/h2-7H,1H3;1-2H3;1H3. The van der Waals surface area contributed by atoms with Gasteiger partial charge in [-0.15, -0.1) is 0 Å². The number of halogens is 1. The Morgan fingerprint density at radius 3 is 2.42 bits per heavy atom. The number of ether oxygens (including phenoxy) is 1. The number of carbonyl (C=O) groups is 1. The zero-order valence-electron chi connectivity index (χ0n) is 11.5. The van der Waals surface area contributed by atoms with Gasteiger partial charge in [0.25, 0.3) is 0 Å². The van der Waals surface area contributed by atoms with Crippen LogP contribution in [0.1, 0.15) is 24.2 Å². The van der Waals surface area contributed by atoms with Gasteiger partial charge < -0.3 is 4.74 Å². The molecule has 0 aromatic carbocycles. The Morgan fingerprint density at radius 2 is 2.00 bits per heavy atom. The van der Waals surface area contributed by atoms with Gasteiger partial charge in [0, 0.05) is 18.6 Å². The number of aromatic nitrogens is 3. The Kier molecular flexibility index (Phi) is 8.61. The molecule has 0 aliphatic rings. The van der Waals surface area contributed by atoms with Gasteiger partial charge >= 0.3 is 5.97 Å². The third-order valence-electron chi connectivity index (χ3n) is 1.91. The number of alkyl halides is 1. The lowest BCUT2D eigenvalue weighted by Gasteiger charge is -2.01. The summed E-state index contributed by atoms with van der Waals surface area (Å²) in [6.07, 6.45) is 4.90. The van der Waals surface area contributed by atoms with Crippen LogP contribution in [0.15, 0.2) is 36.8 Å². The molecule has 0 saturated heterocycles. The summed E-state index contributed by atoms with van der Waals surface area (Å²) in [5.41, 5.74) is 0.424. The fraction of sp³-hybridized carbons (Fsp3) is 0.308. The first-order valence-electron chi connectivity index (χ1n) is 5.73. The van der Waals surface area contributed by atoms with Gasteiger partial charge in [0.15, 0.2) is 5.82 Å². The molecule has 19 heavy (non-hydrogen) atoms. The van der Waals surface area contributed by atoms with Crippen molar-refractivity contribution in [1.82, 2.24) is 14.8 Å². The molecule has 0 aliphatic carbocycles. The van der Waals surface area contributed by atoms with E-state index in [2.05, 4.69) is 14.8 Å². The van der Waals surface area contributed by atoms with Crippen molar-refractivity contribution in [2.75, 3.05) is 14.3 Å². The SMILES string of the molecule is CC.CF.COC(=O)c1ccc(-n2cccn2)nc1. The first kappa shape index (κ1) is 16.8. The van der Waals surface area contributed by atoms with Gasteiger partial charge in [-0.1, -0.05) is 13.8 Å². The Balaban J connectivity index is 0.000000741. The maximum atomic E-state index is 11.1. The number of methoxy groups -OCH3 is 1. The van der Waals surface area contributed by atoms with Gasteiger partial charge in [0.1, 0.15) is 0 Å². The highest BCUT2D eigenvalue weighted by Crippen LogP contribution is 2.05. The van der Waals surface area contributed by atoms with Crippen molar-refractivity contribution in [3.8, 4) is 5.82 Å². The quantitative estimate of drug-likeness (QED) is 0.785. The van der Waals surface area contributed by atoms with E-state index in [1.807, 2.05) is 13.8 Å². The second kappa shape index (κ2) is 9.76. The highest BCUT2D eigenvalue weighted by molar-refractivity contribution is 5.88. The topological polar surface area (TPSA) is 57.0 Å². The Labute approximate surface area is 112 Å². The summed E-state index contributed by atoms with van der Waals surface area (Å²) in [7, 11) is 1.84. The van der Waals surface area contributed by atoms with Crippen LogP contribution >= 0.6 is 0 Å². The summed E-state index contributed by atoms with van der Waals surface area (Å²) in [6, 6.07) is 5.16. The van der Waals surface area contributed by atoms with E-state index < -0.39 is 5.97 Å². The molecule has 0 saturated carbocycles. The van der Waals surface area contributed by atoms with Crippen LogP contribution < -0.4 is 0 Å². The van der Waals surface area contributed by atoms with Crippen molar-refractivity contribution < 1.29 is 13.9 Å². The van der Waals surface area contributed by atoms with E-state index in [4.69, 9.17) is 0 Å². The molecule has 0 fully saturated rings. The van der Waals surface area contributed by atoms with E-state index in [1.54, 1.807) is 35.3 Å². The molecule has 0 aliphatic heterocycles. The van der Waals surface area contributed by atoms with Crippen molar-refractivity contribution in [1.29, 1.82) is 0 Å². The third-order valence-corrected chi connectivity index (χ3v) is 1.91. The van der Waals surface area contributed by atoms with Gasteiger partial charge in [-0.3, -0.25) is 4.39 Å². The molecule has 0 bridgehead atoms. The number of hydrogen-bond donors (Lipinski definition) is 0. The molecule has 6 heteroatoms. The molecule has 0 unspecified atom stereocenters. The maximum Gasteiger partial charge on any atom is 0.339 e.